The van der Waals surface area contributed by atoms with Gasteiger partial charge in [0.05, 0.1) is 17.0 Å². The molecule has 0 spiro atoms. The predicted molar refractivity (Wildman–Crippen MR) is 132 cm³/mol. The zero-order valence-corrected chi connectivity index (χ0v) is 20.3. The number of tetrazole rings is 1. The Morgan fingerprint density at radius 2 is 1.76 bits per heavy atom. The first-order valence-electron chi connectivity index (χ1n) is 10.8. The van der Waals surface area contributed by atoms with Gasteiger partial charge in [-0.25, -0.2) is 0 Å². The summed E-state index contributed by atoms with van der Waals surface area (Å²) in [7, 11) is 0. The molecule has 0 fully saturated rings. The molecule has 2 aromatic carbocycles. The van der Waals surface area contributed by atoms with Gasteiger partial charge in [0.2, 0.25) is 11.1 Å². The number of nitriles is 1. The van der Waals surface area contributed by atoms with Crippen LogP contribution in [0.4, 0.5) is 5.82 Å². The fourth-order valence-corrected chi connectivity index (χ4v) is 4.62. The fraction of sp³-hybridized carbons (Fsp3) is 0.240. The predicted octanol–water partition coefficient (Wildman–Crippen LogP) is 4.35. The number of hydrogen-bond donors (Lipinski definition) is 1. The number of aromatic nitrogens is 5. The van der Waals surface area contributed by atoms with Crippen molar-refractivity contribution in [3.05, 3.63) is 82.0 Å². The second-order valence-corrected chi connectivity index (χ2v) is 9.01. The van der Waals surface area contributed by atoms with E-state index in [1.807, 2.05) is 80.8 Å². The molecule has 0 aliphatic rings. The van der Waals surface area contributed by atoms with Crippen molar-refractivity contribution in [3.63, 3.8) is 0 Å². The first kappa shape index (κ1) is 23.3. The highest BCUT2D eigenvalue weighted by Crippen LogP contribution is 2.28. The van der Waals surface area contributed by atoms with Crippen LogP contribution < -0.4 is 5.32 Å². The minimum absolute atomic E-state index is 0.102. The van der Waals surface area contributed by atoms with Crippen LogP contribution in [-0.4, -0.2) is 36.4 Å². The molecule has 9 heteroatoms. The maximum atomic E-state index is 13.0. The number of nitrogens with one attached hydrogen (secondary N) is 1. The third kappa shape index (κ3) is 4.58. The standard InChI is InChI=1S/C25H25N7OS/c1-16-9-8-10-17(2)23(16)32-25(28-29-30-32)34-15-22(33)27-24-21(13-26)18(3)19(4)31(24)14-20-11-6-5-7-12-20/h5-12H,14-15H2,1-4H3,(H,27,33). The van der Waals surface area contributed by atoms with Gasteiger partial charge in [-0.05, 0) is 60.4 Å². The van der Waals surface area contributed by atoms with E-state index < -0.39 is 0 Å². The lowest BCUT2D eigenvalue weighted by atomic mass is 10.1. The van der Waals surface area contributed by atoms with E-state index in [-0.39, 0.29) is 11.7 Å². The Kier molecular flexibility index (Phi) is 6.80. The lowest BCUT2D eigenvalue weighted by Gasteiger charge is -2.13. The first-order valence-corrected chi connectivity index (χ1v) is 11.8. The molecule has 2 aromatic heterocycles. The van der Waals surface area contributed by atoms with Crippen LogP contribution >= 0.6 is 11.8 Å². The quantitative estimate of drug-likeness (QED) is 0.402. The molecule has 0 unspecified atom stereocenters. The van der Waals surface area contributed by atoms with E-state index in [0.29, 0.717) is 23.1 Å². The number of hydrogen-bond acceptors (Lipinski definition) is 6. The third-order valence-electron chi connectivity index (χ3n) is 5.81. The van der Waals surface area contributed by atoms with Crippen LogP contribution in [0.15, 0.2) is 53.7 Å². The maximum Gasteiger partial charge on any atom is 0.235 e. The van der Waals surface area contributed by atoms with Crippen molar-refractivity contribution in [2.45, 2.75) is 39.4 Å². The van der Waals surface area contributed by atoms with Crippen molar-refractivity contribution in [2.75, 3.05) is 11.1 Å². The summed E-state index contributed by atoms with van der Waals surface area (Å²) >= 11 is 1.25. The number of nitrogens with zero attached hydrogens (tertiary/aromatic N) is 6. The van der Waals surface area contributed by atoms with Gasteiger partial charge < -0.3 is 9.88 Å². The van der Waals surface area contributed by atoms with Crippen LogP contribution in [0.1, 0.15) is 33.5 Å². The molecular weight excluding hydrogens is 446 g/mol. The van der Waals surface area contributed by atoms with Gasteiger partial charge in [0.1, 0.15) is 11.9 Å². The average molecular weight is 472 g/mol. The summed E-state index contributed by atoms with van der Waals surface area (Å²) in [5.41, 5.74) is 6.37. The van der Waals surface area contributed by atoms with Crippen LogP contribution in [0.5, 0.6) is 0 Å². The molecule has 4 rings (SSSR count). The van der Waals surface area contributed by atoms with E-state index in [1.54, 1.807) is 4.68 Å². The monoisotopic (exact) mass is 471 g/mol. The second-order valence-electron chi connectivity index (χ2n) is 8.07. The van der Waals surface area contributed by atoms with Gasteiger partial charge >= 0.3 is 0 Å². The summed E-state index contributed by atoms with van der Waals surface area (Å²) < 4.78 is 3.64. The molecule has 0 saturated heterocycles. The third-order valence-corrected chi connectivity index (χ3v) is 6.73. The number of thioether (sulfide) groups is 1. The van der Waals surface area contributed by atoms with Gasteiger partial charge in [0.15, 0.2) is 0 Å². The highest BCUT2D eigenvalue weighted by atomic mass is 32.2. The molecule has 8 nitrogen and oxygen atoms in total. The highest BCUT2D eigenvalue weighted by molar-refractivity contribution is 7.99. The molecule has 0 bridgehead atoms. The van der Waals surface area contributed by atoms with Crippen molar-refractivity contribution < 1.29 is 4.79 Å². The Bertz CT molecular complexity index is 1360. The fourth-order valence-electron chi connectivity index (χ4n) is 3.94. The zero-order valence-electron chi connectivity index (χ0n) is 19.5. The van der Waals surface area contributed by atoms with Crippen molar-refractivity contribution in [1.82, 2.24) is 24.8 Å². The maximum absolute atomic E-state index is 13.0. The summed E-state index contributed by atoms with van der Waals surface area (Å²) in [5.74, 6) is 0.385. The van der Waals surface area contributed by atoms with Crippen molar-refractivity contribution in [3.8, 4) is 11.8 Å². The largest absolute Gasteiger partial charge is 0.326 e. The van der Waals surface area contributed by atoms with Crippen LogP contribution in [0.25, 0.3) is 5.69 Å². The second kappa shape index (κ2) is 9.93. The SMILES string of the molecule is Cc1cccc(C)c1-n1nnnc1SCC(=O)Nc1c(C#N)c(C)c(C)n1Cc1ccccc1. The van der Waals surface area contributed by atoms with E-state index in [1.165, 1.54) is 11.8 Å². The number of rotatable bonds is 7. The van der Waals surface area contributed by atoms with Crippen molar-refractivity contribution in [2.24, 2.45) is 0 Å². The lowest BCUT2D eigenvalue weighted by molar-refractivity contribution is -0.113. The molecule has 0 saturated carbocycles. The first-order chi connectivity index (χ1) is 16.4. The van der Waals surface area contributed by atoms with E-state index in [0.717, 1.165) is 33.6 Å². The molecule has 172 valence electrons. The summed E-state index contributed by atoms with van der Waals surface area (Å²) in [6.45, 7) is 8.42. The van der Waals surface area contributed by atoms with Gasteiger partial charge in [0, 0.05) is 12.2 Å². The highest BCUT2D eigenvalue weighted by Gasteiger charge is 2.21. The summed E-state index contributed by atoms with van der Waals surface area (Å²) in [4.78, 5) is 13.0. The summed E-state index contributed by atoms with van der Waals surface area (Å²) in [6, 6.07) is 18.2. The van der Waals surface area contributed by atoms with Gasteiger partial charge in [-0.1, -0.05) is 60.3 Å². The molecule has 0 aliphatic carbocycles. The van der Waals surface area contributed by atoms with Gasteiger partial charge in [-0.15, -0.1) is 5.10 Å². The lowest BCUT2D eigenvalue weighted by Crippen LogP contribution is -2.19. The van der Waals surface area contributed by atoms with Crippen LogP contribution in [0, 0.1) is 39.0 Å². The zero-order chi connectivity index (χ0) is 24.2. The van der Waals surface area contributed by atoms with E-state index in [2.05, 4.69) is 26.9 Å². The number of carbonyl (C=O) groups is 1. The van der Waals surface area contributed by atoms with Crippen LogP contribution in [0.2, 0.25) is 0 Å². The Labute approximate surface area is 202 Å². The van der Waals surface area contributed by atoms with Gasteiger partial charge in [-0.2, -0.15) is 9.94 Å². The van der Waals surface area contributed by atoms with E-state index >= 15 is 0 Å². The number of anilines is 1. The number of amides is 1. The Morgan fingerprint density at radius 1 is 1.06 bits per heavy atom. The van der Waals surface area contributed by atoms with E-state index in [4.69, 9.17) is 0 Å². The molecule has 1 amide bonds. The van der Waals surface area contributed by atoms with Crippen molar-refractivity contribution >= 4 is 23.5 Å². The Balaban J connectivity index is 1.55. The number of carbonyl (C=O) groups excluding carboxylic acids is 1. The Hall–Kier alpha value is -3.90. The molecular formula is C25H25N7OS. The normalized spacial score (nSPS) is 10.8. The van der Waals surface area contributed by atoms with Crippen LogP contribution in [-0.2, 0) is 11.3 Å². The molecule has 1 N–H and O–H groups in total. The minimum atomic E-state index is -0.232. The molecule has 34 heavy (non-hydrogen) atoms. The molecule has 0 aliphatic heterocycles. The number of aryl methyl sites for hydroxylation is 2. The minimum Gasteiger partial charge on any atom is -0.326 e. The van der Waals surface area contributed by atoms with Crippen LogP contribution in [0.3, 0.4) is 0 Å². The molecule has 0 atom stereocenters. The summed E-state index contributed by atoms with van der Waals surface area (Å²) in [6.07, 6.45) is 0. The number of benzene rings is 2. The topological polar surface area (TPSA) is 101 Å². The number of para-hydroxylation sites is 1. The average Bonchev–Trinajstić information content (AvgIpc) is 3.37. The van der Waals surface area contributed by atoms with E-state index in [9.17, 15) is 10.1 Å². The smallest absolute Gasteiger partial charge is 0.235 e. The van der Waals surface area contributed by atoms with Gasteiger partial charge in [0.25, 0.3) is 0 Å². The van der Waals surface area contributed by atoms with Crippen molar-refractivity contribution in [1.29, 1.82) is 5.26 Å². The Morgan fingerprint density at radius 3 is 2.44 bits per heavy atom. The molecule has 4 aromatic rings. The molecule has 2 heterocycles. The molecule has 0 radical (unpaired) electrons. The summed E-state index contributed by atoms with van der Waals surface area (Å²) in [5, 5.41) is 25.3. The van der Waals surface area contributed by atoms with Gasteiger partial charge in [-0.3, -0.25) is 4.79 Å².